The van der Waals surface area contributed by atoms with Crippen LogP contribution in [0, 0.1) is 0 Å². The molecule has 0 atom stereocenters. The molecule has 1 spiro atoms. The maximum Gasteiger partial charge on any atom is 0.255 e. The van der Waals surface area contributed by atoms with E-state index in [0.717, 1.165) is 32.5 Å². The molecular formula is C15H21N3O. The molecule has 1 aliphatic heterocycles. The van der Waals surface area contributed by atoms with Gasteiger partial charge in [-0.25, -0.2) is 0 Å². The average Bonchev–Trinajstić information content (AvgIpc) is 2.49. The normalized spacial score (nSPS) is 22.4. The van der Waals surface area contributed by atoms with E-state index in [1.54, 1.807) is 12.4 Å². The quantitative estimate of drug-likeness (QED) is 0.837. The van der Waals surface area contributed by atoms with Gasteiger partial charge in [0, 0.05) is 32.0 Å². The molecule has 19 heavy (non-hydrogen) atoms. The van der Waals surface area contributed by atoms with E-state index in [4.69, 9.17) is 0 Å². The highest BCUT2D eigenvalue weighted by Crippen LogP contribution is 2.35. The van der Waals surface area contributed by atoms with Gasteiger partial charge in [-0.3, -0.25) is 9.78 Å². The number of aromatic nitrogens is 1. The van der Waals surface area contributed by atoms with Crippen molar-refractivity contribution in [2.45, 2.75) is 37.6 Å². The van der Waals surface area contributed by atoms with Crippen molar-refractivity contribution in [3.63, 3.8) is 0 Å². The fourth-order valence-electron chi connectivity index (χ4n) is 3.46. The summed E-state index contributed by atoms with van der Waals surface area (Å²) in [6, 6.07) is 3.71. The summed E-state index contributed by atoms with van der Waals surface area (Å²) >= 11 is 0. The Morgan fingerprint density at radius 3 is 2.89 bits per heavy atom. The van der Waals surface area contributed by atoms with Crippen molar-refractivity contribution in [3.05, 3.63) is 30.1 Å². The fraction of sp³-hybridized carbons (Fsp3) is 0.600. The van der Waals surface area contributed by atoms with Gasteiger partial charge >= 0.3 is 0 Å². The molecule has 2 heterocycles. The van der Waals surface area contributed by atoms with E-state index in [1.807, 2.05) is 12.1 Å². The molecule has 2 aliphatic rings. The van der Waals surface area contributed by atoms with Gasteiger partial charge in [-0.15, -0.1) is 0 Å². The second-order valence-corrected chi connectivity index (χ2v) is 5.66. The summed E-state index contributed by atoms with van der Waals surface area (Å²) in [7, 11) is 0. The monoisotopic (exact) mass is 259 g/mol. The summed E-state index contributed by atoms with van der Waals surface area (Å²) in [6.07, 6.45) is 9.43. The van der Waals surface area contributed by atoms with E-state index < -0.39 is 0 Å². The number of hydrogen-bond donors (Lipinski definition) is 1. The highest BCUT2D eigenvalue weighted by atomic mass is 16.2. The predicted molar refractivity (Wildman–Crippen MR) is 74.0 cm³/mol. The number of piperazine rings is 1. The molecule has 1 amide bonds. The molecule has 2 fully saturated rings. The highest BCUT2D eigenvalue weighted by Gasteiger charge is 2.42. The maximum absolute atomic E-state index is 12.7. The molecule has 1 aromatic heterocycles. The number of nitrogens with one attached hydrogen (secondary N) is 1. The lowest BCUT2D eigenvalue weighted by atomic mass is 9.78. The zero-order chi connectivity index (χ0) is 13.1. The third kappa shape index (κ3) is 2.37. The van der Waals surface area contributed by atoms with Crippen molar-refractivity contribution >= 4 is 5.91 Å². The molecular weight excluding hydrogens is 238 g/mol. The first-order valence-electron chi connectivity index (χ1n) is 7.25. The van der Waals surface area contributed by atoms with Gasteiger partial charge in [0.15, 0.2) is 0 Å². The van der Waals surface area contributed by atoms with Gasteiger partial charge in [0.2, 0.25) is 0 Å². The van der Waals surface area contributed by atoms with Crippen molar-refractivity contribution in [2.75, 3.05) is 19.6 Å². The number of rotatable bonds is 1. The van der Waals surface area contributed by atoms with Gasteiger partial charge in [-0.1, -0.05) is 19.3 Å². The average molecular weight is 259 g/mol. The van der Waals surface area contributed by atoms with Crippen LogP contribution in [0.3, 0.4) is 0 Å². The lowest BCUT2D eigenvalue weighted by molar-refractivity contribution is 0.0222. The number of carbonyl (C=O) groups is 1. The van der Waals surface area contributed by atoms with Crippen LogP contribution in [-0.2, 0) is 0 Å². The van der Waals surface area contributed by atoms with Crippen molar-refractivity contribution in [1.82, 2.24) is 15.2 Å². The molecule has 0 unspecified atom stereocenters. The van der Waals surface area contributed by atoms with E-state index in [0.29, 0.717) is 5.56 Å². The highest BCUT2D eigenvalue weighted by molar-refractivity contribution is 5.94. The van der Waals surface area contributed by atoms with E-state index >= 15 is 0 Å². The molecule has 0 aromatic carbocycles. The first kappa shape index (κ1) is 12.6. The van der Waals surface area contributed by atoms with Crippen LogP contribution in [0.2, 0.25) is 0 Å². The molecule has 3 rings (SSSR count). The van der Waals surface area contributed by atoms with Crippen LogP contribution in [0.4, 0.5) is 0 Å². The predicted octanol–water partition coefficient (Wildman–Crippen LogP) is 1.83. The van der Waals surface area contributed by atoms with Crippen molar-refractivity contribution in [3.8, 4) is 0 Å². The van der Waals surface area contributed by atoms with E-state index in [-0.39, 0.29) is 11.4 Å². The Labute approximate surface area is 114 Å². The van der Waals surface area contributed by atoms with Gasteiger partial charge in [0.25, 0.3) is 5.91 Å². The second kappa shape index (κ2) is 5.29. The largest absolute Gasteiger partial charge is 0.330 e. The summed E-state index contributed by atoms with van der Waals surface area (Å²) in [6.45, 7) is 2.65. The van der Waals surface area contributed by atoms with Crippen molar-refractivity contribution < 1.29 is 4.79 Å². The lowest BCUT2D eigenvalue weighted by Crippen LogP contribution is -2.63. The second-order valence-electron chi connectivity index (χ2n) is 5.66. The Morgan fingerprint density at radius 2 is 2.16 bits per heavy atom. The van der Waals surface area contributed by atoms with Crippen LogP contribution >= 0.6 is 0 Å². The van der Waals surface area contributed by atoms with Gasteiger partial charge in [0.05, 0.1) is 11.1 Å². The zero-order valence-electron chi connectivity index (χ0n) is 11.3. The minimum Gasteiger partial charge on any atom is -0.330 e. The van der Waals surface area contributed by atoms with Crippen LogP contribution in [0.15, 0.2) is 24.5 Å². The Kier molecular flexibility index (Phi) is 3.51. The molecule has 1 N–H and O–H groups in total. The standard InChI is InChI=1S/C15H21N3O/c19-14(13-5-4-8-16-11-13)18-10-9-17-12-15(18)6-2-1-3-7-15/h4-5,8,11,17H,1-3,6-7,9-10,12H2. The SMILES string of the molecule is O=C(c1cccnc1)N1CCNCC12CCCCC2. The fourth-order valence-corrected chi connectivity index (χ4v) is 3.46. The third-order valence-corrected chi connectivity index (χ3v) is 4.48. The summed E-state index contributed by atoms with van der Waals surface area (Å²) in [5.41, 5.74) is 0.762. The topological polar surface area (TPSA) is 45.2 Å². The Hall–Kier alpha value is -1.42. The number of pyridine rings is 1. The Morgan fingerprint density at radius 1 is 1.32 bits per heavy atom. The van der Waals surface area contributed by atoms with Crippen LogP contribution in [0.1, 0.15) is 42.5 Å². The first-order valence-corrected chi connectivity index (χ1v) is 7.25. The summed E-state index contributed by atoms with van der Waals surface area (Å²) in [4.78, 5) is 18.9. The van der Waals surface area contributed by atoms with Crippen molar-refractivity contribution in [2.24, 2.45) is 0 Å². The number of hydrogen-bond acceptors (Lipinski definition) is 3. The molecule has 4 nitrogen and oxygen atoms in total. The number of carbonyl (C=O) groups excluding carboxylic acids is 1. The molecule has 102 valence electrons. The molecule has 1 aromatic rings. The molecule has 1 saturated heterocycles. The van der Waals surface area contributed by atoms with E-state index in [1.165, 1.54) is 19.3 Å². The minimum atomic E-state index is 0.0451. The number of nitrogens with zero attached hydrogens (tertiary/aromatic N) is 2. The van der Waals surface area contributed by atoms with Crippen LogP contribution in [-0.4, -0.2) is 41.0 Å². The molecule has 1 saturated carbocycles. The number of amides is 1. The van der Waals surface area contributed by atoms with Gasteiger partial charge in [-0.05, 0) is 25.0 Å². The van der Waals surface area contributed by atoms with Crippen LogP contribution < -0.4 is 5.32 Å². The lowest BCUT2D eigenvalue weighted by Gasteiger charge is -2.49. The summed E-state index contributed by atoms with van der Waals surface area (Å²) < 4.78 is 0. The van der Waals surface area contributed by atoms with Crippen LogP contribution in [0.5, 0.6) is 0 Å². The third-order valence-electron chi connectivity index (χ3n) is 4.48. The van der Waals surface area contributed by atoms with E-state index in [9.17, 15) is 4.79 Å². The smallest absolute Gasteiger partial charge is 0.255 e. The molecule has 0 bridgehead atoms. The molecule has 0 radical (unpaired) electrons. The Bertz CT molecular complexity index is 432. The van der Waals surface area contributed by atoms with Crippen molar-refractivity contribution in [1.29, 1.82) is 0 Å². The van der Waals surface area contributed by atoms with Crippen LogP contribution in [0.25, 0.3) is 0 Å². The zero-order valence-corrected chi connectivity index (χ0v) is 11.3. The van der Waals surface area contributed by atoms with E-state index in [2.05, 4.69) is 15.2 Å². The van der Waals surface area contributed by atoms with Gasteiger partial charge in [0.1, 0.15) is 0 Å². The summed E-state index contributed by atoms with van der Waals surface area (Å²) in [5, 5.41) is 3.47. The molecule has 4 heteroatoms. The maximum atomic E-state index is 12.7. The molecule has 1 aliphatic carbocycles. The van der Waals surface area contributed by atoms with Gasteiger partial charge in [-0.2, -0.15) is 0 Å². The minimum absolute atomic E-state index is 0.0451. The first-order chi connectivity index (χ1) is 9.32. The van der Waals surface area contributed by atoms with Gasteiger partial charge < -0.3 is 10.2 Å². The Balaban J connectivity index is 1.86. The summed E-state index contributed by atoms with van der Waals surface area (Å²) in [5.74, 6) is 0.150.